The van der Waals surface area contributed by atoms with Crippen LogP contribution < -0.4 is 18.9 Å². The number of carbonyl (C=O) groups is 1. The van der Waals surface area contributed by atoms with Crippen LogP contribution in [0.3, 0.4) is 0 Å². The summed E-state index contributed by atoms with van der Waals surface area (Å²) in [6.45, 7) is 16.3. The number of alkyl halides is 1. The number of carbonyl (C=O) groups excluding carboxylic acids is 1. The minimum Gasteiger partial charge on any atom is -0.637 e. The molecule has 0 saturated heterocycles. The van der Waals surface area contributed by atoms with Crippen LogP contribution in [-0.4, -0.2) is 25.7 Å². The third-order valence-corrected chi connectivity index (χ3v) is 8.03. The number of hydrogen-bond acceptors (Lipinski definition) is 5. The van der Waals surface area contributed by atoms with Gasteiger partial charge >= 0.3 is 18.9 Å². The fraction of sp³-hybridized carbons (Fsp3) is 0.640. The molecule has 0 aromatic carbocycles. The van der Waals surface area contributed by atoms with Gasteiger partial charge in [0.2, 0.25) is 0 Å². The van der Waals surface area contributed by atoms with Crippen molar-refractivity contribution in [2.75, 3.05) is 10.4 Å². The van der Waals surface area contributed by atoms with E-state index in [1.807, 2.05) is 6.08 Å². The predicted octanol–water partition coefficient (Wildman–Crippen LogP) is 5.25. The Hall–Kier alpha value is 0.257. The smallest absolute Gasteiger partial charge is 0.637 e. The second-order valence-electron chi connectivity index (χ2n) is 6.90. The van der Waals surface area contributed by atoms with Gasteiger partial charge in [0.1, 0.15) is 0 Å². The van der Waals surface area contributed by atoms with E-state index in [1.165, 1.54) is 45.1 Å². The van der Waals surface area contributed by atoms with Gasteiger partial charge in [-0.05, 0) is 24.8 Å². The van der Waals surface area contributed by atoms with E-state index in [1.54, 1.807) is 18.9 Å². The van der Waals surface area contributed by atoms with Gasteiger partial charge in [-0.2, -0.15) is 26.0 Å². The van der Waals surface area contributed by atoms with E-state index < -0.39 is 0 Å². The van der Waals surface area contributed by atoms with Crippen LogP contribution in [0.4, 0.5) is 0 Å². The van der Waals surface area contributed by atoms with E-state index in [-0.39, 0.29) is 53.0 Å². The van der Waals surface area contributed by atoms with Crippen molar-refractivity contribution in [3.63, 3.8) is 0 Å². The molecule has 1 aliphatic heterocycles. The molecule has 0 aromatic heterocycles. The molecular weight excluding hydrogens is 528 g/mol. The Morgan fingerprint density at radius 3 is 2.38 bits per heavy atom. The summed E-state index contributed by atoms with van der Waals surface area (Å²) in [6.07, 6.45) is 14.2. The van der Waals surface area contributed by atoms with Crippen molar-refractivity contribution < 1.29 is 33.1 Å². The van der Waals surface area contributed by atoms with Gasteiger partial charge in [-0.1, -0.05) is 79.5 Å². The van der Waals surface area contributed by atoms with Gasteiger partial charge in [0.05, 0.1) is 14.1 Å². The molecule has 0 unspecified atom stereocenters. The number of unbranched alkanes of at least 4 members (excludes halogenated alkanes) is 7. The van der Waals surface area contributed by atoms with Gasteiger partial charge in [-0.15, -0.1) is 0 Å². The summed E-state index contributed by atoms with van der Waals surface area (Å²) < 4.78 is 17.3. The summed E-state index contributed by atoms with van der Waals surface area (Å²) in [5.41, 5.74) is 1.96. The summed E-state index contributed by atoms with van der Waals surface area (Å²) in [4.78, 5) is 10.8. The fourth-order valence-electron chi connectivity index (χ4n) is 2.58. The SMILES string of the molecule is C[CH-]OC(=O)CCCCCCC.[CH2-]C/C=C(\[CH2-])C1=NSCI=C1OCCCCCC.[CH3-].[Li+]. The van der Waals surface area contributed by atoms with Crippen LogP contribution in [0.5, 0.6) is 0 Å². The normalized spacial score (nSPS) is 13.2. The average Bonchev–Trinajstić information content (AvgIpc) is 2.74. The molecule has 32 heavy (non-hydrogen) atoms. The first-order valence-electron chi connectivity index (χ1n) is 11.2. The Morgan fingerprint density at radius 1 is 1.16 bits per heavy atom. The monoisotopic (exact) mass is 572 g/mol. The van der Waals surface area contributed by atoms with E-state index in [2.05, 4.69) is 36.8 Å². The molecule has 0 aliphatic carbocycles. The molecule has 0 bridgehead atoms. The summed E-state index contributed by atoms with van der Waals surface area (Å²) in [6, 6.07) is 0. The third kappa shape index (κ3) is 20.8. The van der Waals surface area contributed by atoms with Crippen molar-refractivity contribution in [3.05, 3.63) is 39.5 Å². The molecule has 0 aromatic rings. The first-order valence-corrected chi connectivity index (χ1v) is 14.7. The van der Waals surface area contributed by atoms with Gasteiger partial charge in [-0.3, -0.25) is 9.19 Å². The molecule has 0 amide bonds. The quantitative estimate of drug-likeness (QED) is 0.0512. The maximum Gasteiger partial charge on any atom is 1.00 e. The van der Waals surface area contributed by atoms with Crippen molar-refractivity contribution in [2.24, 2.45) is 4.40 Å². The Balaban J connectivity index is -0.000000532. The standard InChI is InChI=1S/C14H22INOS.C10H19O2.CH3.Li/c1-4-6-7-8-10-17-14-13(12(3)9-5-2)16-18-11-15-14;1-3-5-6-7-8-9-10(11)12-4-2;;/h9H,2-8,10-11H2,1H3;4H,3,5-9H2,1-2H3;1H3;/q-2;2*-1;+1/b12-9+;;;. The molecule has 0 radical (unpaired) electrons. The van der Waals surface area contributed by atoms with E-state index in [4.69, 9.17) is 4.74 Å². The number of halogens is 1. The first kappa shape index (κ1) is 36.8. The largest absolute Gasteiger partial charge is 1.00 e. The Morgan fingerprint density at radius 2 is 1.78 bits per heavy atom. The van der Waals surface area contributed by atoms with Crippen LogP contribution in [0.2, 0.25) is 0 Å². The van der Waals surface area contributed by atoms with Gasteiger partial charge in [0.15, 0.2) is 0 Å². The van der Waals surface area contributed by atoms with E-state index in [0.717, 1.165) is 51.0 Å². The predicted molar refractivity (Wildman–Crippen MR) is 148 cm³/mol. The average molecular weight is 573 g/mol. The number of allylic oxidation sites excluding steroid dienone is 1. The molecular formula is C25H44ILiNO3S-3. The van der Waals surface area contributed by atoms with E-state index in [0.29, 0.717) is 6.42 Å². The van der Waals surface area contributed by atoms with Crippen molar-refractivity contribution in [1.82, 2.24) is 0 Å². The van der Waals surface area contributed by atoms with Crippen molar-refractivity contribution in [3.8, 4) is 0 Å². The second kappa shape index (κ2) is 27.5. The summed E-state index contributed by atoms with van der Waals surface area (Å²) >= 11 is 1.61. The zero-order valence-corrected chi connectivity index (χ0v) is 24.2. The van der Waals surface area contributed by atoms with E-state index >= 15 is 0 Å². The number of rotatable bonds is 15. The zero-order chi connectivity index (χ0) is 22.5. The molecule has 0 atom stereocenters. The van der Waals surface area contributed by atoms with Crippen LogP contribution in [-0.2, 0) is 14.3 Å². The van der Waals surface area contributed by atoms with Crippen molar-refractivity contribution >= 4 is 48.1 Å². The molecule has 0 fully saturated rings. The molecule has 0 spiro atoms. The number of ether oxygens (including phenoxy) is 2. The summed E-state index contributed by atoms with van der Waals surface area (Å²) in [5.74, 6) is -0.103. The summed E-state index contributed by atoms with van der Waals surface area (Å²) in [7, 11) is 0. The van der Waals surface area contributed by atoms with Crippen LogP contribution in [0.1, 0.15) is 91.4 Å². The number of esters is 1. The van der Waals surface area contributed by atoms with Crippen LogP contribution >= 0.6 is 32.7 Å². The van der Waals surface area contributed by atoms with Crippen LogP contribution in [0, 0.1) is 27.9 Å². The molecule has 1 heterocycles. The Kier molecular flexibility index (Phi) is 31.6. The fourth-order valence-corrected chi connectivity index (χ4v) is 6.22. The van der Waals surface area contributed by atoms with Crippen LogP contribution in [0.25, 0.3) is 0 Å². The molecule has 0 N–H and O–H groups in total. The minimum atomic E-state index is -0.103. The Bertz CT molecular complexity index is 539. The topological polar surface area (TPSA) is 47.9 Å². The zero-order valence-electron chi connectivity index (χ0n) is 21.2. The first-order chi connectivity index (χ1) is 14.6. The van der Waals surface area contributed by atoms with Crippen LogP contribution in [0.15, 0.2) is 16.0 Å². The molecule has 0 saturated carbocycles. The molecule has 1 rings (SSSR count). The van der Waals surface area contributed by atoms with Crippen molar-refractivity contribution in [1.29, 1.82) is 0 Å². The van der Waals surface area contributed by atoms with E-state index in [9.17, 15) is 4.79 Å². The number of hydrogen-bond donors (Lipinski definition) is 0. The third-order valence-electron chi connectivity index (χ3n) is 4.22. The second-order valence-corrected chi connectivity index (χ2v) is 11.2. The minimum absolute atomic E-state index is 0. The number of nitrogens with zero attached hydrogens (tertiary/aromatic N) is 1. The molecule has 7 heteroatoms. The molecule has 1 aliphatic rings. The maximum atomic E-state index is 10.8. The Labute approximate surface area is 225 Å². The molecule has 4 nitrogen and oxygen atoms in total. The van der Waals surface area contributed by atoms with Gasteiger partial charge in [0, 0.05) is 12.1 Å². The van der Waals surface area contributed by atoms with Gasteiger partial charge in [0.25, 0.3) is 5.97 Å². The summed E-state index contributed by atoms with van der Waals surface area (Å²) in [5, 5.41) is 0. The molecule has 184 valence electrons. The van der Waals surface area contributed by atoms with Gasteiger partial charge in [-0.25, -0.2) is 12.5 Å². The maximum absolute atomic E-state index is 10.8. The van der Waals surface area contributed by atoms with Gasteiger partial charge < -0.3 is 23.8 Å². The van der Waals surface area contributed by atoms with Crippen molar-refractivity contribution in [2.45, 2.75) is 91.4 Å².